The van der Waals surface area contributed by atoms with E-state index < -0.39 is 33.4 Å². The fraction of sp³-hybridized carbons (Fsp3) is 0.500. The molecule has 0 radical (unpaired) electrons. The molecule has 0 spiro atoms. The van der Waals surface area contributed by atoms with Crippen LogP contribution in [0.3, 0.4) is 0 Å². The fourth-order valence-electron chi connectivity index (χ4n) is 2.06. The Kier molecular flexibility index (Phi) is 6.05. The Hall–Kier alpha value is -0.650. The van der Waals surface area contributed by atoms with Crippen LogP contribution in [-0.2, 0) is 38.7 Å². The Labute approximate surface area is 110 Å². The van der Waals surface area contributed by atoms with Crippen molar-refractivity contribution in [2.24, 2.45) is 0 Å². The third-order valence-corrected chi connectivity index (χ3v) is 3.55. The van der Waals surface area contributed by atoms with Crippen LogP contribution in [0.1, 0.15) is 33.4 Å². The van der Waals surface area contributed by atoms with Crippen molar-refractivity contribution in [2.75, 3.05) is 0 Å². The van der Waals surface area contributed by atoms with Gasteiger partial charge in [-0.1, -0.05) is 15.9 Å². The summed E-state index contributed by atoms with van der Waals surface area (Å²) >= 11 is 3.04. The van der Waals surface area contributed by atoms with Gasteiger partial charge in [0.1, 0.15) is 33.4 Å². The zero-order chi connectivity index (χ0) is 13.7. The van der Waals surface area contributed by atoms with Crippen LogP contribution in [0, 0.1) is 0 Å². The summed E-state index contributed by atoms with van der Waals surface area (Å²) in [4.78, 5) is 0. The van der Waals surface area contributed by atoms with Gasteiger partial charge < -0.3 is 0 Å². The van der Waals surface area contributed by atoms with Crippen LogP contribution < -0.4 is 0 Å². The van der Waals surface area contributed by atoms with Gasteiger partial charge in [0.25, 0.3) is 0 Å². The fourth-order valence-corrected chi connectivity index (χ4v) is 2.74. The number of benzene rings is 1. The molecule has 1 rings (SSSR count). The van der Waals surface area contributed by atoms with Crippen LogP contribution in [-0.4, -0.2) is 0 Å². The van der Waals surface area contributed by atoms with Crippen LogP contribution in [0.25, 0.3) is 0 Å². The first kappa shape index (κ1) is 15.4. The average molecular weight is 331 g/mol. The number of hydrogen-bond acceptors (Lipinski definition) is 0. The molecule has 6 heteroatoms. The largest absolute Gasteiger partial charge is 0.246 e. The minimum Gasteiger partial charge on any atom is -0.246 e. The molecule has 0 aromatic heterocycles. The van der Waals surface area contributed by atoms with E-state index in [-0.39, 0.29) is 38.7 Å². The lowest BCUT2D eigenvalue weighted by Crippen LogP contribution is -2.10. The van der Waals surface area contributed by atoms with Gasteiger partial charge in [0.15, 0.2) is 0 Å². The molecule has 0 fully saturated rings. The van der Waals surface area contributed by atoms with E-state index in [9.17, 15) is 22.0 Å². The van der Waals surface area contributed by atoms with Crippen molar-refractivity contribution < 1.29 is 22.0 Å². The van der Waals surface area contributed by atoms with Crippen LogP contribution >= 0.6 is 15.9 Å². The van der Waals surface area contributed by atoms with Crippen LogP contribution in [0.4, 0.5) is 22.0 Å². The molecule has 1 aromatic rings. The minimum absolute atomic E-state index is 0.0675. The molecule has 0 N–H and O–H groups in total. The summed E-state index contributed by atoms with van der Waals surface area (Å²) in [5.74, 6) is 0. The molecule has 0 heterocycles. The van der Waals surface area contributed by atoms with Crippen molar-refractivity contribution in [2.45, 2.75) is 38.7 Å². The predicted molar refractivity (Wildman–Crippen MR) is 63.1 cm³/mol. The van der Waals surface area contributed by atoms with E-state index in [4.69, 9.17) is 0 Å². The molecule has 102 valence electrons. The highest BCUT2D eigenvalue weighted by molar-refractivity contribution is 9.08. The predicted octanol–water partition coefficient (Wildman–Crippen LogP) is 4.93. The summed E-state index contributed by atoms with van der Waals surface area (Å²) in [6, 6.07) is 0. The van der Waals surface area contributed by atoms with Gasteiger partial charge in [-0.25, -0.2) is 22.0 Å². The Bertz CT molecular complexity index is 299. The van der Waals surface area contributed by atoms with Crippen molar-refractivity contribution >= 4 is 15.9 Å². The zero-order valence-corrected chi connectivity index (χ0v) is 11.1. The van der Waals surface area contributed by atoms with Crippen molar-refractivity contribution in [3.05, 3.63) is 33.4 Å². The van der Waals surface area contributed by atoms with E-state index in [2.05, 4.69) is 15.9 Å². The molecule has 0 saturated carbocycles. The highest BCUT2D eigenvalue weighted by Crippen LogP contribution is 2.33. The second-order valence-corrected chi connectivity index (χ2v) is 4.23. The highest BCUT2D eigenvalue weighted by atomic mass is 79.9. The first-order valence-corrected chi connectivity index (χ1v) is 6.35. The zero-order valence-electron chi connectivity index (χ0n) is 9.51. The Balaban J connectivity index is 3.71. The second-order valence-electron chi connectivity index (χ2n) is 3.67. The summed E-state index contributed by atoms with van der Waals surface area (Å²) in [6.45, 7) is -5.41. The van der Waals surface area contributed by atoms with Gasteiger partial charge in [0, 0.05) is 5.33 Å². The molecule has 0 bridgehead atoms. The normalized spacial score (nSPS) is 11.0. The van der Waals surface area contributed by atoms with Gasteiger partial charge in [0.05, 0.1) is 0 Å². The van der Waals surface area contributed by atoms with Crippen molar-refractivity contribution in [1.82, 2.24) is 0 Å². The third-order valence-electron chi connectivity index (χ3n) is 2.99. The summed E-state index contributed by atoms with van der Waals surface area (Å²) in [6.07, 6.45) is 0. The van der Waals surface area contributed by atoms with E-state index in [0.29, 0.717) is 0 Å². The standard InChI is InChI=1S/C12H12BrF5/c13-1-7-8(2-14)10(4-16)12(6-18)11(5-17)9(7)3-15/h1-6H2. The maximum absolute atomic E-state index is 13.0. The molecular formula is C12H12BrF5. The lowest BCUT2D eigenvalue weighted by Gasteiger charge is -2.20. The Morgan fingerprint density at radius 3 is 0.889 bits per heavy atom. The van der Waals surface area contributed by atoms with E-state index in [1.807, 2.05) is 0 Å². The van der Waals surface area contributed by atoms with Crippen LogP contribution in [0.5, 0.6) is 0 Å². The monoisotopic (exact) mass is 330 g/mol. The average Bonchev–Trinajstić information content (AvgIpc) is 2.43. The van der Waals surface area contributed by atoms with Crippen LogP contribution in [0.2, 0.25) is 0 Å². The summed E-state index contributed by atoms with van der Waals surface area (Å²) in [5.41, 5.74) is -0.625. The molecule has 0 aliphatic rings. The van der Waals surface area contributed by atoms with Gasteiger partial charge in [-0.2, -0.15) is 0 Å². The van der Waals surface area contributed by atoms with E-state index in [0.717, 1.165) is 0 Å². The lowest BCUT2D eigenvalue weighted by atomic mass is 9.89. The molecule has 0 amide bonds. The summed E-state index contributed by atoms with van der Waals surface area (Å²) < 4.78 is 64.7. The molecule has 1 aromatic carbocycles. The molecule has 0 aliphatic heterocycles. The smallest absolute Gasteiger partial charge is 0.115 e. The first-order valence-electron chi connectivity index (χ1n) is 5.22. The molecule has 0 nitrogen and oxygen atoms in total. The molecule has 18 heavy (non-hydrogen) atoms. The SMILES string of the molecule is FCc1c(CF)c(CF)c(CBr)c(CF)c1CF. The number of halogens is 6. The maximum Gasteiger partial charge on any atom is 0.115 e. The van der Waals surface area contributed by atoms with Gasteiger partial charge in [0.2, 0.25) is 0 Å². The highest BCUT2D eigenvalue weighted by Gasteiger charge is 2.22. The van der Waals surface area contributed by atoms with Gasteiger partial charge in [-0.05, 0) is 33.4 Å². The number of hydrogen-bond donors (Lipinski definition) is 0. The Morgan fingerprint density at radius 2 is 0.722 bits per heavy atom. The number of rotatable bonds is 6. The molecular weight excluding hydrogens is 319 g/mol. The first-order chi connectivity index (χ1) is 8.69. The van der Waals surface area contributed by atoms with Gasteiger partial charge in [-0.15, -0.1) is 0 Å². The topological polar surface area (TPSA) is 0 Å². The lowest BCUT2D eigenvalue weighted by molar-refractivity contribution is 0.413. The minimum atomic E-state index is -1.14. The van der Waals surface area contributed by atoms with E-state index >= 15 is 0 Å². The van der Waals surface area contributed by atoms with Crippen LogP contribution in [0.15, 0.2) is 0 Å². The molecule has 0 atom stereocenters. The molecule has 0 saturated heterocycles. The van der Waals surface area contributed by atoms with Crippen molar-refractivity contribution in [1.29, 1.82) is 0 Å². The molecule has 0 unspecified atom stereocenters. The summed E-state index contributed by atoms with van der Waals surface area (Å²) in [7, 11) is 0. The van der Waals surface area contributed by atoms with E-state index in [1.165, 1.54) is 0 Å². The second kappa shape index (κ2) is 7.07. The van der Waals surface area contributed by atoms with Gasteiger partial charge in [-0.3, -0.25) is 0 Å². The summed E-state index contributed by atoms with van der Waals surface area (Å²) in [5, 5.41) is 0.0675. The Morgan fingerprint density at radius 1 is 0.500 bits per heavy atom. The number of alkyl halides is 6. The maximum atomic E-state index is 13.0. The third kappa shape index (κ3) is 2.53. The van der Waals surface area contributed by atoms with Crippen molar-refractivity contribution in [3.63, 3.8) is 0 Å². The quantitative estimate of drug-likeness (QED) is 0.512. The molecule has 0 aliphatic carbocycles. The van der Waals surface area contributed by atoms with E-state index in [1.54, 1.807) is 0 Å². The van der Waals surface area contributed by atoms with Crippen molar-refractivity contribution in [3.8, 4) is 0 Å². The van der Waals surface area contributed by atoms with Gasteiger partial charge >= 0.3 is 0 Å².